The zero-order chi connectivity index (χ0) is 20.6. The van der Waals surface area contributed by atoms with Gasteiger partial charge in [-0.2, -0.15) is 13.2 Å². The Kier molecular flexibility index (Phi) is 5.05. The van der Waals surface area contributed by atoms with Gasteiger partial charge in [0.25, 0.3) is 0 Å². The summed E-state index contributed by atoms with van der Waals surface area (Å²) in [6, 6.07) is 7.78. The number of aromatic nitrogens is 3. The van der Waals surface area contributed by atoms with Crippen molar-refractivity contribution in [1.29, 1.82) is 0 Å². The van der Waals surface area contributed by atoms with Crippen LogP contribution < -0.4 is 10.1 Å². The number of thiophene rings is 1. The third-order valence-electron chi connectivity index (χ3n) is 4.01. The Morgan fingerprint density at radius 2 is 2.03 bits per heavy atom. The van der Waals surface area contributed by atoms with Gasteiger partial charge in [0.05, 0.1) is 23.7 Å². The van der Waals surface area contributed by atoms with Gasteiger partial charge in [0, 0.05) is 12.6 Å². The molecule has 0 saturated heterocycles. The Balaban J connectivity index is 1.73. The van der Waals surface area contributed by atoms with E-state index < -0.39 is 11.1 Å². The summed E-state index contributed by atoms with van der Waals surface area (Å²) in [5.74, 6) is 1.17. The van der Waals surface area contributed by atoms with Crippen LogP contribution in [0.4, 0.5) is 19.0 Å². The summed E-state index contributed by atoms with van der Waals surface area (Å²) in [6.07, 6.45) is -3.07. The van der Waals surface area contributed by atoms with E-state index in [-0.39, 0.29) is 34.2 Å². The van der Waals surface area contributed by atoms with Gasteiger partial charge < -0.3 is 14.6 Å². The summed E-state index contributed by atoms with van der Waals surface area (Å²) in [7, 11) is 1.51. The predicted octanol–water partition coefficient (Wildman–Crippen LogP) is 5.64. The van der Waals surface area contributed by atoms with Crippen molar-refractivity contribution in [3.8, 4) is 17.3 Å². The second-order valence-electron chi connectivity index (χ2n) is 5.92. The first-order valence-corrected chi connectivity index (χ1v) is 9.40. The molecule has 0 aliphatic rings. The van der Waals surface area contributed by atoms with Gasteiger partial charge in [0.1, 0.15) is 21.3 Å². The number of fused-ring (bicyclic) bond motifs is 1. The van der Waals surface area contributed by atoms with Gasteiger partial charge in [0.15, 0.2) is 0 Å². The van der Waals surface area contributed by atoms with E-state index in [9.17, 15) is 13.2 Å². The number of anilines is 1. The highest BCUT2D eigenvalue weighted by molar-refractivity contribution is 7.18. The molecule has 1 aromatic carbocycles. The molecular formula is C18H12ClF3N4O2S. The van der Waals surface area contributed by atoms with Crippen LogP contribution in [0, 0.1) is 0 Å². The molecule has 0 aliphatic heterocycles. The quantitative estimate of drug-likeness (QED) is 0.433. The maximum absolute atomic E-state index is 13.2. The predicted molar refractivity (Wildman–Crippen MR) is 103 cm³/mol. The summed E-state index contributed by atoms with van der Waals surface area (Å²) in [6.45, 7) is 0.281. The highest BCUT2D eigenvalue weighted by atomic mass is 35.5. The smallest absolute Gasteiger partial charge is 0.425 e. The number of benzene rings is 1. The second kappa shape index (κ2) is 7.53. The van der Waals surface area contributed by atoms with Crippen molar-refractivity contribution in [1.82, 2.24) is 15.1 Å². The minimum Gasteiger partial charge on any atom is -0.495 e. The Morgan fingerprint density at radius 1 is 1.21 bits per heavy atom. The van der Waals surface area contributed by atoms with E-state index in [2.05, 4.69) is 20.4 Å². The average Bonchev–Trinajstić information content (AvgIpc) is 3.35. The van der Waals surface area contributed by atoms with E-state index in [1.807, 2.05) is 0 Å². The van der Waals surface area contributed by atoms with E-state index in [1.165, 1.54) is 19.4 Å². The molecule has 150 valence electrons. The lowest BCUT2D eigenvalue weighted by molar-refractivity contribution is -0.134. The first kappa shape index (κ1) is 19.5. The summed E-state index contributed by atoms with van der Waals surface area (Å²) in [4.78, 5) is 7.97. The lowest BCUT2D eigenvalue weighted by atomic mass is 10.2. The second-order valence-corrected chi connectivity index (χ2v) is 7.36. The molecule has 29 heavy (non-hydrogen) atoms. The monoisotopic (exact) mass is 440 g/mol. The van der Waals surface area contributed by atoms with Crippen LogP contribution in [-0.2, 0) is 12.7 Å². The summed E-state index contributed by atoms with van der Waals surface area (Å²) >= 11 is 6.67. The van der Waals surface area contributed by atoms with Crippen molar-refractivity contribution in [3.63, 3.8) is 0 Å². The number of alkyl halides is 3. The molecule has 3 heterocycles. The van der Waals surface area contributed by atoms with Crippen LogP contribution in [-0.4, -0.2) is 22.2 Å². The van der Waals surface area contributed by atoms with Crippen molar-refractivity contribution in [2.75, 3.05) is 12.4 Å². The van der Waals surface area contributed by atoms with Crippen LogP contribution in [0.25, 0.3) is 21.8 Å². The largest absolute Gasteiger partial charge is 0.495 e. The van der Waals surface area contributed by atoms with Gasteiger partial charge in [-0.1, -0.05) is 22.8 Å². The number of methoxy groups -OCH3 is 1. The number of halogens is 4. The lowest BCUT2D eigenvalue weighted by Gasteiger charge is -2.10. The van der Waals surface area contributed by atoms with Gasteiger partial charge in [-0.15, -0.1) is 11.3 Å². The molecule has 0 fully saturated rings. The molecule has 1 N–H and O–H groups in total. The fraction of sp³-hybridized carbons (Fsp3) is 0.167. The third-order valence-corrected chi connectivity index (χ3v) is 5.38. The van der Waals surface area contributed by atoms with Crippen LogP contribution in [0.1, 0.15) is 10.4 Å². The van der Waals surface area contributed by atoms with Gasteiger partial charge in [-0.05, 0) is 23.8 Å². The molecule has 11 heteroatoms. The SMILES string of the molecule is COc1ccc(CNc2nc(-c3ccno3)nc3sc(C(F)(F)F)cc23)cc1Cl. The molecule has 4 rings (SSSR count). The Labute approximate surface area is 171 Å². The lowest BCUT2D eigenvalue weighted by Crippen LogP contribution is -2.04. The van der Waals surface area contributed by atoms with Crippen LogP contribution in [0.5, 0.6) is 5.75 Å². The molecule has 0 saturated carbocycles. The fourth-order valence-corrected chi connectivity index (χ4v) is 3.82. The van der Waals surface area contributed by atoms with Crippen molar-refractivity contribution in [2.24, 2.45) is 0 Å². The van der Waals surface area contributed by atoms with E-state index in [4.69, 9.17) is 20.9 Å². The minimum atomic E-state index is -4.47. The van der Waals surface area contributed by atoms with Gasteiger partial charge >= 0.3 is 6.18 Å². The summed E-state index contributed by atoms with van der Waals surface area (Å²) in [5, 5.41) is 7.35. The van der Waals surface area contributed by atoms with Crippen molar-refractivity contribution < 1.29 is 22.4 Å². The highest BCUT2D eigenvalue weighted by Gasteiger charge is 2.34. The van der Waals surface area contributed by atoms with Gasteiger partial charge in [-0.25, -0.2) is 9.97 Å². The first-order valence-electron chi connectivity index (χ1n) is 8.21. The van der Waals surface area contributed by atoms with Crippen LogP contribution >= 0.6 is 22.9 Å². The molecule has 0 radical (unpaired) electrons. The molecule has 0 atom stereocenters. The molecular weight excluding hydrogens is 429 g/mol. The number of hydrogen-bond donors (Lipinski definition) is 1. The van der Waals surface area contributed by atoms with Gasteiger partial charge in [0.2, 0.25) is 11.6 Å². The van der Waals surface area contributed by atoms with E-state index >= 15 is 0 Å². The molecule has 0 unspecified atom stereocenters. The van der Waals surface area contributed by atoms with Crippen LogP contribution in [0.2, 0.25) is 5.02 Å². The Hall–Kier alpha value is -2.85. The molecule has 0 amide bonds. The normalized spacial score (nSPS) is 11.8. The Bertz CT molecular complexity index is 1160. The standard InChI is InChI=1S/C18H12ClF3N4O2S/c1-27-12-3-2-9(6-11(12)19)8-23-15-10-7-14(18(20,21)22)29-17(10)26-16(25-15)13-4-5-24-28-13/h2-7H,8H2,1H3,(H,23,25,26). The number of nitrogens with zero attached hydrogens (tertiary/aromatic N) is 3. The van der Waals surface area contributed by atoms with Crippen molar-refractivity contribution in [2.45, 2.75) is 12.7 Å². The molecule has 0 spiro atoms. The van der Waals surface area contributed by atoms with E-state index in [1.54, 1.807) is 18.2 Å². The topological polar surface area (TPSA) is 73.1 Å². The number of nitrogens with one attached hydrogen (secondary N) is 1. The molecule has 3 aromatic heterocycles. The zero-order valence-corrected chi connectivity index (χ0v) is 16.3. The third kappa shape index (κ3) is 3.99. The zero-order valence-electron chi connectivity index (χ0n) is 14.7. The maximum atomic E-state index is 13.2. The molecule has 6 nitrogen and oxygen atoms in total. The number of hydrogen-bond acceptors (Lipinski definition) is 7. The number of rotatable bonds is 5. The average molecular weight is 441 g/mol. The molecule has 0 aliphatic carbocycles. The van der Waals surface area contributed by atoms with Crippen LogP contribution in [0.15, 0.2) is 41.1 Å². The summed E-state index contributed by atoms with van der Waals surface area (Å²) in [5.41, 5.74) is 0.801. The Morgan fingerprint density at radius 3 is 2.69 bits per heavy atom. The van der Waals surface area contributed by atoms with E-state index in [0.29, 0.717) is 22.1 Å². The van der Waals surface area contributed by atoms with Crippen LogP contribution in [0.3, 0.4) is 0 Å². The first-order chi connectivity index (χ1) is 13.8. The molecule has 4 aromatic rings. The van der Waals surface area contributed by atoms with Gasteiger partial charge in [-0.3, -0.25) is 0 Å². The fourth-order valence-electron chi connectivity index (χ4n) is 2.64. The summed E-state index contributed by atoms with van der Waals surface area (Å²) < 4.78 is 49.7. The maximum Gasteiger partial charge on any atom is 0.425 e. The van der Waals surface area contributed by atoms with Crippen molar-refractivity contribution >= 4 is 39.0 Å². The van der Waals surface area contributed by atoms with E-state index in [0.717, 1.165) is 11.6 Å². The minimum absolute atomic E-state index is 0.140. The number of ether oxygens (including phenoxy) is 1. The highest BCUT2D eigenvalue weighted by Crippen LogP contribution is 2.40. The van der Waals surface area contributed by atoms with Crippen molar-refractivity contribution in [3.05, 3.63) is 52.0 Å². The molecule has 0 bridgehead atoms.